The minimum Gasteiger partial charge on any atom is -0.481 e. The smallest absolute Gasteiger partial charge is 0.334 e. The predicted molar refractivity (Wildman–Crippen MR) is 71.9 cm³/mol. The van der Waals surface area contributed by atoms with Gasteiger partial charge in [0, 0.05) is 17.9 Å². The summed E-state index contributed by atoms with van der Waals surface area (Å²) in [7, 11) is 0. The molecule has 5 heteroatoms. The summed E-state index contributed by atoms with van der Waals surface area (Å²) in [5.41, 5.74) is 0.724. The molecule has 0 saturated carbocycles. The number of rotatable bonds is 3. The van der Waals surface area contributed by atoms with Crippen molar-refractivity contribution in [3.63, 3.8) is 0 Å². The maximum atomic E-state index is 11.7. The third-order valence-electron chi connectivity index (χ3n) is 4.41. The topological polar surface area (TPSA) is 83.8 Å². The molecule has 0 aromatic heterocycles. The molecule has 110 valence electrons. The van der Waals surface area contributed by atoms with Crippen LogP contribution in [0.4, 0.5) is 0 Å². The average molecular weight is 280 g/mol. The van der Waals surface area contributed by atoms with Gasteiger partial charge in [0.25, 0.3) is 0 Å². The number of ether oxygens (including phenoxy) is 1. The average Bonchev–Trinajstić information content (AvgIpc) is 2.58. The number of aliphatic hydroxyl groups is 1. The van der Waals surface area contributed by atoms with Crippen molar-refractivity contribution < 1.29 is 24.5 Å². The molecule has 3 atom stereocenters. The van der Waals surface area contributed by atoms with Gasteiger partial charge in [-0.15, -0.1) is 0 Å². The van der Waals surface area contributed by atoms with Gasteiger partial charge >= 0.3 is 11.9 Å². The Hall–Kier alpha value is -1.62. The fourth-order valence-corrected chi connectivity index (χ4v) is 3.26. The van der Waals surface area contributed by atoms with E-state index in [-0.39, 0.29) is 18.8 Å². The molecule has 2 rings (SSSR count). The monoisotopic (exact) mass is 280 g/mol. The van der Waals surface area contributed by atoms with Crippen LogP contribution in [0, 0.1) is 5.92 Å². The fraction of sp³-hybridized carbons (Fsp3) is 0.600. The van der Waals surface area contributed by atoms with Crippen molar-refractivity contribution in [3.05, 3.63) is 23.3 Å². The third-order valence-corrected chi connectivity index (χ3v) is 4.41. The summed E-state index contributed by atoms with van der Waals surface area (Å²) in [6, 6.07) is 0. The van der Waals surface area contributed by atoms with Crippen molar-refractivity contribution >= 4 is 11.9 Å². The standard InChI is InChI=1S/C15H20O5/c1-8-4-5-10-9(2)14(18)20-13(10)15(3,19)11(8)6-7-12(16)17/h10,13,19H,2,4-7H2,1,3H3,(H,16,17)/t10-,13+,15+/m0/s1. The van der Waals surface area contributed by atoms with Crippen molar-refractivity contribution in [2.75, 3.05) is 0 Å². The van der Waals surface area contributed by atoms with Crippen LogP contribution in [0.3, 0.4) is 0 Å². The molecule has 0 unspecified atom stereocenters. The minimum absolute atomic E-state index is 0.0465. The summed E-state index contributed by atoms with van der Waals surface area (Å²) < 4.78 is 5.29. The zero-order valence-corrected chi connectivity index (χ0v) is 11.8. The van der Waals surface area contributed by atoms with Gasteiger partial charge in [0.2, 0.25) is 0 Å². The van der Waals surface area contributed by atoms with E-state index in [2.05, 4.69) is 6.58 Å². The summed E-state index contributed by atoms with van der Waals surface area (Å²) in [6.45, 7) is 7.25. The Bertz CT molecular complexity index is 500. The summed E-state index contributed by atoms with van der Waals surface area (Å²) in [4.78, 5) is 22.4. The van der Waals surface area contributed by atoms with Gasteiger partial charge in [-0.2, -0.15) is 0 Å². The van der Waals surface area contributed by atoms with Gasteiger partial charge in [-0.1, -0.05) is 12.2 Å². The molecule has 5 nitrogen and oxygen atoms in total. The molecule has 1 aliphatic carbocycles. The first kappa shape index (κ1) is 14.8. The van der Waals surface area contributed by atoms with Crippen LogP contribution in [0.25, 0.3) is 0 Å². The molecular formula is C15H20O5. The first-order chi connectivity index (χ1) is 9.25. The van der Waals surface area contributed by atoms with Crippen molar-refractivity contribution in [2.45, 2.75) is 51.2 Å². The molecule has 1 heterocycles. The van der Waals surface area contributed by atoms with Crippen LogP contribution < -0.4 is 0 Å². The van der Waals surface area contributed by atoms with Crippen LogP contribution in [-0.2, 0) is 14.3 Å². The van der Waals surface area contributed by atoms with E-state index in [0.29, 0.717) is 24.0 Å². The highest BCUT2D eigenvalue weighted by molar-refractivity contribution is 5.91. The van der Waals surface area contributed by atoms with Gasteiger partial charge in [-0.05, 0) is 38.7 Å². The Morgan fingerprint density at radius 2 is 2.20 bits per heavy atom. The summed E-state index contributed by atoms with van der Waals surface area (Å²) in [5.74, 6) is -1.57. The fourth-order valence-electron chi connectivity index (χ4n) is 3.26. The van der Waals surface area contributed by atoms with Crippen molar-refractivity contribution in [1.29, 1.82) is 0 Å². The van der Waals surface area contributed by atoms with E-state index in [0.717, 1.165) is 5.57 Å². The number of esters is 1. The van der Waals surface area contributed by atoms with Gasteiger partial charge in [0.05, 0.1) is 0 Å². The molecular weight excluding hydrogens is 260 g/mol. The normalized spacial score (nSPS) is 33.8. The molecule has 0 spiro atoms. The molecule has 1 fully saturated rings. The first-order valence-electron chi connectivity index (χ1n) is 6.78. The molecule has 0 amide bonds. The lowest BCUT2D eigenvalue weighted by Gasteiger charge is -2.33. The lowest BCUT2D eigenvalue weighted by molar-refractivity contribution is -0.149. The number of fused-ring (bicyclic) bond motifs is 1. The quantitative estimate of drug-likeness (QED) is 0.468. The van der Waals surface area contributed by atoms with E-state index in [4.69, 9.17) is 9.84 Å². The van der Waals surface area contributed by atoms with E-state index in [9.17, 15) is 14.7 Å². The van der Waals surface area contributed by atoms with E-state index in [1.165, 1.54) is 0 Å². The zero-order valence-electron chi connectivity index (χ0n) is 11.8. The maximum absolute atomic E-state index is 11.7. The number of carboxylic acids is 1. The molecule has 0 bridgehead atoms. The van der Waals surface area contributed by atoms with Gasteiger partial charge in [0.15, 0.2) is 0 Å². The van der Waals surface area contributed by atoms with Gasteiger partial charge < -0.3 is 14.9 Å². The number of carboxylic acid groups (broad SMARTS) is 1. The second-order valence-corrected chi connectivity index (χ2v) is 5.80. The number of carbonyl (C=O) groups excluding carboxylic acids is 1. The van der Waals surface area contributed by atoms with Crippen LogP contribution in [0.1, 0.15) is 39.5 Å². The van der Waals surface area contributed by atoms with Gasteiger partial charge in [-0.3, -0.25) is 4.79 Å². The summed E-state index contributed by atoms with van der Waals surface area (Å²) >= 11 is 0. The van der Waals surface area contributed by atoms with Crippen LogP contribution in [0.5, 0.6) is 0 Å². The van der Waals surface area contributed by atoms with Crippen molar-refractivity contribution in [1.82, 2.24) is 0 Å². The lowest BCUT2D eigenvalue weighted by Crippen LogP contribution is -2.44. The summed E-state index contributed by atoms with van der Waals surface area (Å²) in [5, 5.41) is 19.7. The lowest BCUT2D eigenvalue weighted by atomic mass is 9.80. The highest BCUT2D eigenvalue weighted by atomic mass is 16.6. The Morgan fingerprint density at radius 1 is 1.55 bits per heavy atom. The number of carbonyl (C=O) groups is 2. The minimum atomic E-state index is -1.34. The van der Waals surface area contributed by atoms with E-state index in [1.54, 1.807) is 6.92 Å². The van der Waals surface area contributed by atoms with Crippen molar-refractivity contribution in [3.8, 4) is 0 Å². The molecule has 0 aromatic rings. The largest absolute Gasteiger partial charge is 0.481 e. The number of hydrogen-bond donors (Lipinski definition) is 2. The molecule has 20 heavy (non-hydrogen) atoms. The molecule has 1 saturated heterocycles. The molecule has 1 aliphatic heterocycles. The van der Waals surface area contributed by atoms with Gasteiger partial charge in [-0.25, -0.2) is 4.79 Å². The Labute approximate surface area is 117 Å². The molecule has 0 aromatic carbocycles. The van der Waals surface area contributed by atoms with Crippen molar-refractivity contribution in [2.24, 2.45) is 5.92 Å². The zero-order chi connectivity index (χ0) is 15.1. The van der Waals surface area contributed by atoms with Crippen LogP contribution >= 0.6 is 0 Å². The van der Waals surface area contributed by atoms with E-state index < -0.39 is 23.6 Å². The second-order valence-electron chi connectivity index (χ2n) is 5.80. The number of hydrogen-bond acceptors (Lipinski definition) is 4. The Kier molecular flexibility index (Phi) is 3.73. The first-order valence-corrected chi connectivity index (χ1v) is 6.78. The Morgan fingerprint density at radius 3 is 2.80 bits per heavy atom. The Balaban J connectivity index is 2.34. The number of allylic oxidation sites excluding steroid dienone is 1. The van der Waals surface area contributed by atoms with Crippen LogP contribution in [0.2, 0.25) is 0 Å². The second kappa shape index (κ2) is 5.05. The maximum Gasteiger partial charge on any atom is 0.334 e. The van der Waals surface area contributed by atoms with Crippen LogP contribution in [-0.4, -0.2) is 33.9 Å². The van der Waals surface area contributed by atoms with Crippen LogP contribution in [0.15, 0.2) is 23.3 Å². The predicted octanol–water partition coefficient (Wildman–Crippen LogP) is 1.81. The van der Waals surface area contributed by atoms with E-state index >= 15 is 0 Å². The highest BCUT2D eigenvalue weighted by Crippen LogP contribution is 2.45. The van der Waals surface area contributed by atoms with E-state index in [1.807, 2.05) is 6.92 Å². The molecule has 0 radical (unpaired) electrons. The SMILES string of the molecule is C=C1C(=O)O[C@@H]2[C@H]1CCC(C)=C(CCC(=O)O)[C@@]2(C)O. The third kappa shape index (κ3) is 2.38. The van der Waals surface area contributed by atoms with Gasteiger partial charge in [0.1, 0.15) is 11.7 Å². The highest BCUT2D eigenvalue weighted by Gasteiger charge is 2.51. The summed E-state index contributed by atoms with van der Waals surface area (Å²) in [6.07, 6.45) is 0.954. The molecule has 2 aliphatic rings. The number of aliphatic carboxylic acids is 1. The molecule has 2 N–H and O–H groups in total.